The SMILES string of the molecule is CN(CC(=O)N(Cc1ccc(C2CCCCC2)cc1)c1ccc(NS(=O)(=O)c2cn(C)cn2)cc1)S(=O)(=O)c1c(F)c(F)c(F)c(F)c1F. The molecular weight excluding hydrogens is 694 g/mol. The minimum Gasteiger partial charge on any atom is -0.339 e. The Hall–Kier alpha value is -4.35. The number of imidazole rings is 1. The van der Waals surface area contributed by atoms with Crippen LogP contribution in [0.5, 0.6) is 0 Å². The van der Waals surface area contributed by atoms with Crippen LogP contribution in [0, 0.1) is 29.1 Å². The summed E-state index contributed by atoms with van der Waals surface area (Å²) in [6.45, 7) is -1.17. The Bertz CT molecular complexity index is 2040. The first-order valence-electron chi connectivity index (χ1n) is 15.1. The van der Waals surface area contributed by atoms with E-state index in [2.05, 4.69) is 9.71 Å². The quantitative estimate of drug-likeness (QED) is 0.118. The van der Waals surface area contributed by atoms with E-state index in [-0.39, 0.29) is 27.3 Å². The molecule has 1 aliphatic rings. The summed E-state index contributed by atoms with van der Waals surface area (Å²) in [7, 11) is -7.10. The first-order chi connectivity index (χ1) is 23.1. The van der Waals surface area contributed by atoms with Gasteiger partial charge in [-0.2, -0.15) is 12.7 Å². The lowest BCUT2D eigenvalue weighted by molar-refractivity contribution is -0.118. The minimum atomic E-state index is -5.41. The van der Waals surface area contributed by atoms with Crippen molar-refractivity contribution in [3.8, 4) is 0 Å². The van der Waals surface area contributed by atoms with E-state index in [1.807, 2.05) is 24.3 Å². The van der Waals surface area contributed by atoms with Crippen molar-refractivity contribution < 1.29 is 43.6 Å². The first-order valence-corrected chi connectivity index (χ1v) is 18.0. The third-order valence-electron chi connectivity index (χ3n) is 8.28. The van der Waals surface area contributed by atoms with Gasteiger partial charge in [0, 0.05) is 31.7 Å². The predicted octanol–water partition coefficient (Wildman–Crippen LogP) is 5.82. The molecule has 1 heterocycles. The molecule has 0 saturated heterocycles. The highest BCUT2D eigenvalue weighted by molar-refractivity contribution is 7.92. The zero-order valence-electron chi connectivity index (χ0n) is 26.3. The normalized spacial score (nSPS) is 14.3. The molecule has 1 aromatic heterocycles. The van der Waals surface area contributed by atoms with Crippen molar-refractivity contribution in [2.75, 3.05) is 23.2 Å². The van der Waals surface area contributed by atoms with E-state index in [1.165, 1.54) is 47.8 Å². The number of hydrogen-bond donors (Lipinski definition) is 1. The number of likely N-dealkylation sites (N-methyl/N-ethyl adjacent to an activating group) is 1. The van der Waals surface area contributed by atoms with Crippen molar-refractivity contribution in [1.82, 2.24) is 13.9 Å². The molecule has 0 bridgehead atoms. The standard InChI is InChI=1S/C32H32F5N5O5S2/c1-40-17-25(38-19-40)48(44,45)39-23-12-14-24(15-13-23)42(16-20-8-10-22(11-9-20)21-6-4-3-5-7-21)26(43)18-41(2)49(46,47)32-30(36)28(34)27(33)29(35)31(32)37/h8-15,17,19,21,39H,3-7,16,18H2,1-2H3. The smallest absolute Gasteiger partial charge is 0.280 e. The van der Waals surface area contributed by atoms with Gasteiger partial charge >= 0.3 is 0 Å². The lowest BCUT2D eigenvalue weighted by atomic mass is 9.84. The van der Waals surface area contributed by atoms with Crippen molar-refractivity contribution in [2.45, 2.75) is 54.5 Å². The maximum atomic E-state index is 14.5. The van der Waals surface area contributed by atoms with Gasteiger partial charge in [0.15, 0.2) is 33.2 Å². The second-order valence-electron chi connectivity index (χ2n) is 11.7. The van der Waals surface area contributed by atoms with E-state index in [1.54, 1.807) is 7.05 Å². The Morgan fingerprint density at radius 1 is 0.857 bits per heavy atom. The summed E-state index contributed by atoms with van der Waals surface area (Å²) in [6.07, 6.45) is 8.17. The molecule has 0 atom stereocenters. The van der Waals surface area contributed by atoms with Gasteiger partial charge in [-0.3, -0.25) is 9.52 Å². The predicted molar refractivity (Wildman–Crippen MR) is 170 cm³/mol. The summed E-state index contributed by atoms with van der Waals surface area (Å²) in [5.74, 6) is -13.1. The highest BCUT2D eigenvalue weighted by atomic mass is 32.2. The molecule has 262 valence electrons. The Balaban J connectivity index is 1.43. The van der Waals surface area contributed by atoms with Gasteiger partial charge in [0.2, 0.25) is 21.7 Å². The molecule has 1 amide bonds. The van der Waals surface area contributed by atoms with Gasteiger partial charge in [0.25, 0.3) is 10.0 Å². The third-order valence-corrected chi connectivity index (χ3v) is 11.4. The molecule has 4 aromatic rings. The van der Waals surface area contributed by atoms with E-state index < -0.39 is 66.5 Å². The van der Waals surface area contributed by atoms with Crippen molar-refractivity contribution in [1.29, 1.82) is 0 Å². The molecule has 0 radical (unpaired) electrons. The van der Waals surface area contributed by atoms with Crippen LogP contribution in [0.1, 0.15) is 49.1 Å². The monoisotopic (exact) mass is 725 g/mol. The van der Waals surface area contributed by atoms with Crippen molar-refractivity contribution in [3.05, 3.63) is 101 Å². The van der Waals surface area contributed by atoms with Crippen LogP contribution in [0.15, 0.2) is 71.0 Å². The zero-order valence-corrected chi connectivity index (χ0v) is 28.0. The summed E-state index contributed by atoms with van der Waals surface area (Å²) < 4.78 is 126. The van der Waals surface area contributed by atoms with Crippen LogP contribution >= 0.6 is 0 Å². The number of sulfonamides is 2. The number of rotatable bonds is 11. The topological polar surface area (TPSA) is 122 Å². The van der Waals surface area contributed by atoms with Gasteiger partial charge in [-0.25, -0.2) is 35.4 Å². The summed E-state index contributed by atoms with van der Waals surface area (Å²) >= 11 is 0. The lowest BCUT2D eigenvalue weighted by Crippen LogP contribution is -2.41. The molecule has 0 aliphatic heterocycles. The van der Waals surface area contributed by atoms with E-state index >= 15 is 0 Å². The van der Waals surface area contributed by atoms with Gasteiger partial charge in [-0.1, -0.05) is 43.5 Å². The van der Waals surface area contributed by atoms with Gasteiger partial charge in [-0.15, -0.1) is 0 Å². The number of benzene rings is 3. The minimum absolute atomic E-state index is 0.112. The van der Waals surface area contributed by atoms with E-state index in [0.717, 1.165) is 43.2 Å². The number of aryl methyl sites for hydroxylation is 1. The van der Waals surface area contributed by atoms with Crippen LogP contribution in [-0.4, -0.2) is 50.2 Å². The highest BCUT2D eigenvalue weighted by Gasteiger charge is 2.37. The Labute approximate surface area is 280 Å². The molecule has 0 unspecified atom stereocenters. The first kappa shape index (κ1) is 35.9. The third kappa shape index (κ3) is 7.63. The summed E-state index contributed by atoms with van der Waals surface area (Å²) in [5, 5.41) is -0.231. The number of carbonyl (C=O) groups excluding carboxylic acids is 1. The average molecular weight is 726 g/mol. The Kier molecular flexibility index (Phi) is 10.5. The number of aromatic nitrogens is 2. The van der Waals surface area contributed by atoms with E-state index in [4.69, 9.17) is 0 Å². The molecule has 17 heteroatoms. The molecule has 10 nitrogen and oxygen atoms in total. The fourth-order valence-electron chi connectivity index (χ4n) is 5.61. The van der Waals surface area contributed by atoms with Gasteiger partial charge in [0.05, 0.1) is 19.4 Å². The van der Waals surface area contributed by atoms with Crippen LogP contribution < -0.4 is 9.62 Å². The lowest BCUT2D eigenvalue weighted by Gasteiger charge is -2.27. The van der Waals surface area contributed by atoms with E-state index in [9.17, 15) is 43.6 Å². The molecule has 1 saturated carbocycles. The maximum Gasteiger partial charge on any atom is 0.280 e. The summed E-state index contributed by atoms with van der Waals surface area (Å²) in [6, 6.07) is 13.0. The number of carbonyl (C=O) groups is 1. The largest absolute Gasteiger partial charge is 0.339 e. The van der Waals surface area contributed by atoms with Crippen molar-refractivity contribution in [2.24, 2.45) is 7.05 Å². The van der Waals surface area contributed by atoms with Gasteiger partial charge < -0.3 is 9.47 Å². The number of amides is 1. The number of halogens is 5. The number of nitrogens with zero attached hydrogens (tertiary/aromatic N) is 4. The summed E-state index contributed by atoms with van der Waals surface area (Å²) in [4.78, 5) is 16.6. The van der Waals surface area contributed by atoms with Crippen LogP contribution in [0.2, 0.25) is 0 Å². The average Bonchev–Trinajstić information content (AvgIpc) is 3.53. The highest BCUT2D eigenvalue weighted by Crippen LogP contribution is 2.33. The summed E-state index contributed by atoms with van der Waals surface area (Å²) in [5.41, 5.74) is 2.08. The molecular formula is C32H32F5N5O5S2. The maximum absolute atomic E-state index is 14.5. The van der Waals surface area contributed by atoms with Gasteiger partial charge in [0.1, 0.15) is 0 Å². The molecule has 5 rings (SSSR count). The van der Waals surface area contributed by atoms with E-state index in [0.29, 0.717) is 11.5 Å². The second kappa shape index (κ2) is 14.2. The zero-order chi connectivity index (χ0) is 35.7. The van der Waals surface area contributed by atoms with Crippen molar-refractivity contribution in [3.63, 3.8) is 0 Å². The molecule has 1 aliphatic carbocycles. The van der Waals surface area contributed by atoms with Crippen LogP contribution in [0.25, 0.3) is 0 Å². The number of anilines is 2. The molecule has 49 heavy (non-hydrogen) atoms. The van der Waals surface area contributed by atoms with Gasteiger partial charge in [-0.05, 0) is 54.2 Å². The van der Waals surface area contributed by atoms with Crippen molar-refractivity contribution >= 4 is 37.3 Å². The van der Waals surface area contributed by atoms with Crippen LogP contribution in [0.4, 0.5) is 33.3 Å². The molecule has 0 spiro atoms. The molecule has 1 N–H and O–H groups in total. The van der Waals surface area contributed by atoms with Crippen LogP contribution in [0.3, 0.4) is 0 Å². The number of nitrogens with one attached hydrogen (secondary N) is 1. The van der Waals surface area contributed by atoms with Crippen LogP contribution in [-0.2, 0) is 38.4 Å². The Morgan fingerprint density at radius 2 is 1.43 bits per heavy atom. The number of hydrogen-bond acceptors (Lipinski definition) is 6. The molecule has 3 aromatic carbocycles. The molecule has 1 fully saturated rings. The second-order valence-corrected chi connectivity index (χ2v) is 15.4. The fourth-order valence-corrected chi connectivity index (χ4v) is 7.88. The Morgan fingerprint density at radius 3 is 1.98 bits per heavy atom. The fraction of sp³-hybridized carbons (Fsp3) is 0.312.